The molecule has 3 aromatic rings. The van der Waals surface area contributed by atoms with Crippen molar-refractivity contribution >= 4 is 57.3 Å². The molecule has 0 radical (unpaired) electrons. The van der Waals surface area contributed by atoms with Gasteiger partial charge in [0.05, 0.1) is 14.9 Å². The Hall–Kier alpha value is -2.54. The van der Waals surface area contributed by atoms with Crippen LogP contribution in [0.3, 0.4) is 0 Å². The fourth-order valence-electron chi connectivity index (χ4n) is 2.32. The summed E-state index contributed by atoms with van der Waals surface area (Å²) in [6, 6.07) is 18.8. The summed E-state index contributed by atoms with van der Waals surface area (Å²) in [7, 11) is -1.36. The van der Waals surface area contributed by atoms with Gasteiger partial charge in [-0.1, -0.05) is 40.9 Å². The normalized spacial score (nSPS) is 11.5. The lowest BCUT2D eigenvalue weighted by Gasteiger charge is -2.10. The van der Waals surface area contributed by atoms with E-state index in [2.05, 4.69) is 15.4 Å². The van der Waals surface area contributed by atoms with Crippen LogP contribution in [-0.4, -0.2) is 10.2 Å². The lowest BCUT2D eigenvalue weighted by molar-refractivity contribution is 0.262. The molecule has 0 saturated heterocycles. The van der Waals surface area contributed by atoms with Crippen LogP contribution in [0.1, 0.15) is 5.56 Å². The number of amides is 2. The highest BCUT2D eigenvalue weighted by Gasteiger charge is 2.07. The molecule has 144 valence electrons. The van der Waals surface area contributed by atoms with E-state index in [0.29, 0.717) is 32.0 Å². The summed E-state index contributed by atoms with van der Waals surface area (Å²) in [5.74, 6) is 0. The Morgan fingerprint density at radius 3 is 2.00 bits per heavy atom. The largest absolute Gasteiger partial charge is 0.323 e. The van der Waals surface area contributed by atoms with Crippen molar-refractivity contribution in [3.05, 3.63) is 82.3 Å². The zero-order valence-corrected chi connectivity index (χ0v) is 17.2. The summed E-state index contributed by atoms with van der Waals surface area (Å²) in [4.78, 5) is 12.8. The number of urea groups is 1. The van der Waals surface area contributed by atoms with Crippen LogP contribution in [0.2, 0.25) is 10.0 Å². The maximum Gasteiger partial charge on any atom is 0.323 e. The van der Waals surface area contributed by atoms with Gasteiger partial charge in [0.1, 0.15) is 11.0 Å². The van der Waals surface area contributed by atoms with Crippen molar-refractivity contribution < 1.29 is 9.00 Å². The monoisotopic (exact) mass is 433 g/mol. The fraction of sp³-hybridized carbons (Fsp3) is 0.0500. The van der Waals surface area contributed by atoms with E-state index in [1.807, 2.05) is 31.2 Å². The molecule has 1 unspecified atom stereocenters. The molecule has 3 aromatic carbocycles. The van der Waals surface area contributed by atoms with Gasteiger partial charge in [0.2, 0.25) is 0 Å². The molecule has 0 aliphatic heterocycles. The van der Waals surface area contributed by atoms with Crippen LogP contribution in [0.4, 0.5) is 21.9 Å². The number of carbonyl (C=O) groups is 1. The molecule has 0 bridgehead atoms. The number of benzene rings is 3. The summed E-state index contributed by atoms with van der Waals surface area (Å²) in [6.07, 6.45) is 0. The van der Waals surface area contributed by atoms with Gasteiger partial charge in [-0.05, 0) is 61.5 Å². The topological polar surface area (TPSA) is 70.2 Å². The first kappa shape index (κ1) is 20.2. The predicted molar refractivity (Wildman–Crippen MR) is 117 cm³/mol. The quantitative estimate of drug-likeness (QED) is 0.456. The highest BCUT2D eigenvalue weighted by molar-refractivity contribution is 7.86. The Kier molecular flexibility index (Phi) is 6.57. The Bertz CT molecular complexity index is 1010. The van der Waals surface area contributed by atoms with Gasteiger partial charge in [0.15, 0.2) is 0 Å². The molecule has 0 aromatic heterocycles. The summed E-state index contributed by atoms with van der Waals surface area (Å²) < 4.78 is 15.3. The number of hydrogen-bond donors (Lipinski definition) is 3. The van der Waals surface area contributed by atoms with Crippen LogP contribution in [0.15, 0.2) is 71.6 Å². The van der Waals surface area contributed by atoms with E-state index in [1.54, 1.807) is 42.5 Å². The first-order valence-corrected chi connectivity index (χ1v) is 10.2. The van der Waals surface area contributed by atoms with Crippen molar-refractivity contribution in [3.8, 4) is 0 Å². The van der Waals surface area contributed by atoms with Crippen molar-refractivity contribution in [1.82, 2.24) is 0 Å². The number of aryl methyl sites for hydroxylation is 1. The van der Waals surface area contributed by atoms with E-state index in [1.165, 1.54) is 0 Å². The molecule has 5 nitrogen and oxygen atoms in total. The number of nitrogens with one attached hydrogen (secondary N) is 3. The van der Waals surface area contributed by atoms with Crippen LogP contribution < -0.4 is 15.4 Å². The summed E-state index contributed by atoms with van der Waals surface area (Å²) in [6.45, 7) is 1.98. The summed E-state index contributed by atoms with van der Waals surface area (Å²) in [5, 5.41) is 6.16. The second-order valence-electron chi connectivity index (χ2n) is 5.97. The van der Waals surface area contributed by atoms with E-state index in [0.717, 1.165) is 5.56 Å². The first-order valence-electron chi connectivity index (χ1n) is 8.29. The summed E-state index contributed by atoms with van der Waals surface area (Å²) in [5.41, 5.74) is 2.90. The van der Waals surface area contributed by atoms with Gasteiger partial charge in [0.25, 0.3) is 0 Å². The molecule has 2 amide bonds. The predicted octanol–water partition coefficient (Wildman–Crippen LogP) is 6.08. The molecule has 0 saturated carbocycles. The average molecular weight is 434 g/mol. The lowest BCUT2D eigenvalue weighted by Crippen LogP contribution is -2.19. The standard InChI is InChI=1S/C20H17Cl2N3O2S/c1-13-2-9-17(10-3-13)28(27)25-15-6-4-14(5-7-15)23-20(26)24-16-8-11-18(21)19(22)12-16/h2-12,25H,1H3,(H2,23,24,26). The van der Waals surface area contributed by atoms with Crippen LogP contribution >= 0.6 is 23.2 Å². The highest BCUT2D eigenvalue weighted by atomic mass is 35.5. The smallest absolute Gasteiger partial charge is 0.308 e. The first-order chi connectivity index (χ1) is 13.4. The van der Waals surface area contributed by atoms with Crippen LogP contribution in [0, 0.1) is 6.92 Å². The van der Waals surface area contributed by atoms with E-state index >= 15 is 0 Å². The van der Waals surface area contributed by atoms with Gasteiger partial charge >= 0.3 is 6.03 Å². The van der Waals surface area contributed by atoms with E-state index in [4.69, 9.17) is 23.2 Å². The van der Waals surface area contributed by atoms with Gasteiger partial charge < -0.3 is 15.4 Å². The Morgan fingerprint density at radius 1 is 0.786 bits per heavy atom. The molecule has 0 aliphatic carbocycles. The Morgan fingerprint density at radius 2 is 1.36 bits per heavy atom. The Labute approximate surface area is 175 Å². The molecule has 1 atom stereocenters. The number of halogens is 2. The third-order valence-corrected chi connectivity index (χ3v) is 5.63. The molecule has 0 fully saturated rings. The fourth-order valence-corrected chi connectivity index (χ4v) is 3.47. The molecule has 3 N–H and O–H groups in total. The van der Waals surface area contributed by atoms with Crippen molar-refractivity contribution in [2.75, 3.05) is 15.4 Å². The van der Waals surface area contributed by atoms with E-state index in [9.17, 15) is 9.00 Å². The molecular formula is C20H17Cl2N3O2S. The Balaban J connectivity index is 1.57. The van der Waals surface area contributed by atoms with Crippen molar-refractivity contribution in [2.45, 2.75) is 11.8 Å². The molecule has 8 heteroatoms. The van der Waals surface area contributed by atoms with Crippen molar-refractivity contribution in [3.63, 3.8) is 0 Å². The van der Waals surface area contributed by atoms with E-state index < -0.39 is 17.0 Å². The molecule has 3 rings (SSSR count). The number of hydrogen-bond acceptors (Lipinski definition) is 2. The van der Waals surface area contributed by atoms with Gasteiger partial charge in [-0.2, -0.15) is 0 Å². The zero-order chi connectivity index (χ0) is 20.1. The minimum Gasteiger partial charge on any atom is -0.308 e. The third-order valence-electron chi connectivity index (χ3n) is 3.77. The lowest BCUT2D eigenvalue weighted by atomic mass is 10.2. The maximum atomic E-state index is 12.3. The van der Waals surface area contributed by atoms with Gasteiger partial charge in [-0.3, -0.25) is 0 Å². The van der Waals surface area contributed by atoms with Gasteiger partial charge in [0, 0.05) is 17.1 Å². The molecule has 0 heterocycles. The van der Waals surface area contributed by atoms with Crippen LogP contribution in [0.5, 0.6) is 0 Å². The molecule has 0 spiro atoms. The third kappa shape index (κ3) is 5.48. The maximum absolute atomic E-state index is 12.3. The highest BCUT2D eigenvalue weighted by Crippen LogP contribution is 2.25. The van der Waals surface area contributed by atoms with Crippen LogP contribution in [-0.2, 0) is 11.0 Å². The number of carbonyl (C=O) groups excluding carboxylic acids is 1. The van der Waals surface area contributed by atoms with Crippen molar-refractivity contribution in [1.29, 1.82) is 0 Å². The molecular weight excluding hydrogens is 417 g/mol. The SMILES string of the molecule is Cc1ccc(S(=O)Nc2ccc(NC(=O)Nc3ccc(Cl)c(Cl)c3)cc2)cc1. The minimum atomic E-state index is -1.36. The number of rotatable bonds is 5. The minimum absolute atomic E-state index is 0.358. The number of anilines is 3. The van der Waals surface area contributed by atoms with E-state index in [-0.39, 0.29) is 0 Å². The second-order valence-corrected chi connectivity index (χ2v) is 8.00. The average Bonchev–Trinajstić information content (AvgIpc) is 2.67. The van der Waals surface area contributed by atoms with Crippen molar-refractivity contribution in [2.24, 2.45) is 0 Å². The van der Waals surface area contributed by atoms with Gasteiger partial charge in [-0.25, -0.2) is 9.00 Å². The molecule has 0 aliphatic rings. The summed E-state index contributed by atoms with van der Waals surface area (Å²) >= 11 is 11.8. The van der Waals surface area contributed by atoms with Gasteiger partial charge in [-0.15, -0.1) is 0 Å². The zero-order valence-electron chi connectivity index (χ0n) is 14.8. The second kappa shape index (κ2) is 9.10. The molecule has 28 heavy (non-hydrogen) atoms. The van der Waals surface area contributed by atoms with Crippen LogP contribution in [0.25, 0.3) is 0 Å².